The Morgan fingerprint density at radius 2 is 1.62 bits per heavy atom. The number of aryl methyl sites for hydroxylation is 1. The normalized spacial score (nSPS) is 20.1. The first-order valence-electron chi connectivity index (χ1n) is 19.0. The summed E-state index contributed by atoms with van der Waals surface area (Å²) in [4.78, 5) is 62.2. The number of benzene rings is 3. The maximum absolute atomic E-state index is 13.7. The van der Waals surface area contributed by atoms with E-state index >= 15 is 0 Å². The minimum atomic E-state index is -0.993. The molecule has 3 aromatic carbocycles. The van der Waals surface area contributed by atoms with Crippen LogP contribution in [0.25, 0.3) is 16.8 Å². The molecule has 56 heavy (non-hydrogen) atoms. The van der Waals surface area contributed by atoms with E-state index in [2.05, 4.69) is 54.3 Å². The van der Waals surface area contributed by atoms with Gasteiger partial charge in [-0.3, -0.25) is 48.5 Å². The van der Waals surface area contributed by atoms with Crippen LogP contribution in [0.5, 0.6) is 0 Å². The lowest BCUT2D eigenvalue weighted by Crippen LogP contribution is -2.54. The highest BCUT2D eigenvalue weighted by Gasteiger charge is 2.51. The van der Waals surface area contributed by atoms with Crippen molar-refractivity contribution in [2.75, 3.05) is 37.6 Å². The third-order valence-electron chi connectivity index (χ3n) is 11.7. The molecule has 0 bridgehead atoms. The fourth-order valence-corrected chi connectivity index (χ4v) is 8.64. The molecule has 1 spiro atoms. The summed E-state index contributed by atoms with van der Waals surface area (Å²) in [5.41, 5.74) is 6.87. The van der Waals surface area contributed by atoms with Gasteiger partial charge in [0.1, 0.15) is 17.4 Å². The maximum atomic E-state index is 13.7. The number of amides is 4. The Morgan fingerprint density at radius 3 is 2.39 bits per heavy atom. The first-order chi connectivity index (χ1) is 27.2. The minimum absolute atomic E-state index is 0.0831. The standard InChI is InChI=1S/C41H37ClN10O4/c1-24-46-47-40-41(13-14-41)45-36(25-5-8-28(42)9-6-25)30-21-26(7-10-31(30)51(24)40)27-22-43-50(23-27)20-17-48-15-18-49(19-16-48)32-4-2-3-29-35(32)39(56)52(38(29)55)33-11-12-34(53)44-37(33)54/h2-10,21-23,33H,11-20H2,1H3,(H,44,53,54). The number of piperazine rings is 1. The largest absolute Gasteiger partial charge is 0.368 e. The Balaban J connectivity index is 0.835. The topological polar surface area (TPSA) is 151 Å². The van der Waals surface area contributed by atoms with Gasteiger partial charge in [0.05, 0.1) is 41.0 Å². The Kier molecular flexibility index (Phi) is 8.04. The van der Waals surface area contributed by atoms with Crippen LogP contribution in [0.2, 0.25) is 5.02 Å². The second-order valence-electron chi connectivity index (χ2n) is 15.1. The second-order valence-corrected chi connectivity index (χ2v) is 15.5. The number of fused-ring (bicyclic) bond motifs is 5. The van der Waals surface area contributed by atoms with Crippen LogP contribution < -0.4 is 10.2 Å². The fraction of sp³-hybridized carbons (Fsp3) is 0.317. The van der Waals surface area contributed by atoms with E-state index < -0.39 is 29.7 Å². The van der Waals surface area contributed by atoms with Crippen LogP contribution in [0.15, 0.2) is 78.0 Å². The highest BCUT2D eigenvalue weighted by Crippen LogP contribution is 2.52. The molecule has 1 aliphatic carbocycles. The summed E-state index contributed by atoms with van der Waals surface area (Å²) in [5.74, 6) is -0.276. The number of carbonyl (C=O) groups is 4. The molecule has 5 aliphatic rings. The third kappa shape index (κ3) is 5.65. The van der Waals surface area contributed by atoms with E-state index in [1.54, 1.807) is 12.1 Å². The zero-order valence-corrected chi connectivity index (χ0v) is 31.4. The zero-order valence-electron chi connectivity index (χ0n) is 30.6. The number of hydrogen-bond acceptors (Lipinski definition) is 10. The summed E-state index contributed by atoms with van der Waals surface area (Å²) < 4.78 is 4.13. The fourth-order valence-electron chi connectivity index (χ4n) is 8.51. The zero-order chi connectivity index (χ0) is 38.3. The van der Waals surface area contributed by atoms with Crippen LogP contribution in [0.4, 0.5) is 5.69 Å². The molecule has 3 fully saturated rings. The Hall–Kier alpha value is -5.99. The third-order valence-corrected chi connectivity index (χ3v) is 11.9. The van der Waals surface area contributed by atoms with Gasteiger partial charge in [-0.2, -0.15) is 5.10 Å². The summed E-state index contributed by atoms with van der Waals surface area (Å²) in [6.07, 6.45) is 6.03. The molecule has 282 valence electrons. The average Bonchev–Trinajstić information content (AvgIpc) is 3.55. The lowest BCUT2D eigenvalue weighted by molar-refractivity contribution is -0.136. The first kappa shape index (κ1) is 34.5. The number of carbonyl (C=O) groups excluding carboxylic acids is 4. The summed E-state index contributed by atoms with van der Waals surface area (Å²) >= 11 is 6.29. The molecule has 4 aliphatic heterocycles. The quantitative estimate of drug-likeness (QED) is 0.241. The van der Waals surface area contributed by atoms with Crippen molar-refractivity contribution >= 4 is 46.6 Å². The predicted molar refractivity (Wildman–Crippen MR) is 207 cm³/mol. The van der Waals surface area contributed by atoms with Crippen LogP contribution in [0.1, 0.15) is 69.2 Å². The van der Waals surface area contributed by atoms with Gasteiger partial charge < -0.3 is 4.90 Å². The van der Waals surface area contributed by atoms with Crippen LogP contribution >= 0.6 is 11.6 Å². The van der Waals surface area contributed by atoms with Crippen LogP contribution in [0, 0.1) is 6.92 Å². The Labute approximate surface area is 326 Å². The van der Waals surface area contributed by atoms with Gasteiger partial charge in [-0.25, -0.2) is 0 Å². The number of rotatable bonds is 7. The number of imide groups is 2. The number of piperidine rings is 1. The molecule has 2 saturated heterocycles. The monoisotopic (exact) mass is 768 g/mol. The van der Waals surface area contributed by atoms with Crippen molar-refractivity contribution in [1.82, 2.24) is 39.7 Å². The van der Waals surface area contributed by atoms with Gasteiger partial charge in [0.25, 0.3) is 11.8 Å². The summed E-state index contributed by atoms with van der Waals surface area (Å²) in [6, 6.07) is 18.6. The molecule has 15 heteroatoms. The first-order valence-corrected chi connectivity index (χ1v) is 19.3. The molecule has 14 nitrogen and oxygen atoms in total. The number of aliphatic imine (C=N–C) groups is 1. The summed E-state index contributed by atoms with van der Waals surface area (Å²) in [5, 5.41) is 16.7. The molecule has 1 N–H and O–H groups in total. The van der Waals surface area contributed by atoms with Crippen molar-refractivity contribution in [2.24, 2.45) is 4.99 Å². The van der Waals surface area contributed by atoms with E-state index in [1.807, 2.05) is 48.1 Å². The summed E-state index contributed by atoms with van der Waals surface area (Å²) in [7, 11) is 0. The molecule has 10 rings (SSSR count). The molecule has 1 saturated carbocycles. The van der Waals surface area contributed by atoms with E-state index in [-0.39, 0.29) is 18.4 Å². The molecule has 6 heterocycles. The number of halogens is 1. The average molecular weight is 769 g/mol. The predicted octanol–water partition coefficient (Wildman–Crippen LogP) is 4.16. The van der Waals surface area contributed by atoms with Gasteiger partial charge in [0.15, 0.2) is 5.82 Å². The molecular weight excluding hydrogens is 732 g/mol. The van der Waals surface area contributed by atoms with Crippen molar-refractivity contribution in [3.05, 3.63) is 112 Å². The minimum Gasteiger partial charge on any atom is -0.368 e. The molecule has 1 atom stereocenters. The van der Waals surface area contributed by atoms with Crippen molar-refractivity contribution in [3.63, 3.8) is 0 Å². The van der Waals surface area contributed by atoms with E-state index in [4.69, 9.17) is 21.7 Å². The number of hydrogen-bond donors (Lipinski definition) is 1. The molecule has 4 amide bonds. The molecule has 2 aromatic heterocycles. The van der Waals surface area contributed by atoms with Crippen molar-refractivity contribution in [1.29, 1.82) is 0 Å². The smallest absolute Gasteiger partial charge is 0.264 e. The number of anilines is 1. The van der Waals surface area contributed by atoms with E-state index in [1.165, 1.54) is 0 Å². The van der Waals surface area contributed by atoms with Crippen molar-refractivity contribution < 1.29 is 19.2 Å². The highest BCUT2D eigenvalue weighted by molar-refractivity contribution is 6.30. The van der Waals surface area contributed by atoms with Crippen molar-refractivity contribution in [3.8, 4) is 16.8 Å². The van der Waals surface area contributed by atoms with Gasteiger partial charge >= 0.3 is 0 Å². The molecular formula is C41H37ClN10O4. The number of nitrogens with zero attached hydrogens (tertiary/aromatic N) is 9. The molecule has 5 aromatic rings. The van der Waals surface area contributed by atoms with Gasteiger partial charge in [0.2, 0.25) is 11.8 Å². The lowest BCUT2D eigenvalue weighted by Gasteiger charge is -2.36. The number of aromatic nitrogens is 5. The van der Waals surface area contributed by atoms with E-state index in [0.29, 0.717) is 41.5 Å². The Morgan fingerprint density at radius 1 is 0.839 bits per heavy atom. The molecule has 1 unspecified atom stereocenters. The van der Waals surface area contributed by atoms with Gasteiger partial charge in [-0.05, 0) is 68.1 Å². The maximum Gasteiger partial charge on any atom is 0.264 e. The van der Waals surface area contributed by atoms with E-state index in [0.717, 1.165) is 82.7 Å². The van der Waals surface area contributed by atoms with Gasteiger partial charge in [-0.1, -0.05) is 35.9 Å². The van der Waals surface area contributed by atoms with Crippen LogP contribution in [-0.2, 0) is 21.7 Å². The van der Waals surface area contributed by atoms with Crippen molar-refractivity contribution in [2.45, 2.75) is 50.7 Å². The van der Waals surface area contributed by atoms with Crippen LogP contribution in [0.3, 0.4) is 0 Å². The Bertz CT molecular complexity index is 2510. The van der Waals surface area contributed by atoms with Crippen LogP contribution in [-0.4, -0.2) is 102 Å². The van der Waals surface area contributed by atoms with E-state index in [9.17, 15) is 19.2 Å². The van der Waals surface area contributed by atoms with Gasteiger partial charge in [-0.15, -0.1) is 10.2 Å². The lowest BCUT2D eigenvalue weighted by atomic mass is 9.96. The SMILES string of the molecule is Cc1nnc2n1-c1ccc(-c3cnn(CCN4CCN(c5cccc6c5C(=O)N(C5CCC(=O)NC5=O)C6=O)CC4)c3)cc1C(c1ccc(Cl)cc1)=NC21CC1. The second kappa shape index (κ2) is 13.1. The number of nitrogens with one attached hydrogen (secondary N) is 1. The highest BCUT2D eigenvalue weighted by atomic mass is 35.5. The summed E-state index contributed by atoms with van der Waals surface area (Å²) in [6.45, 7) is 6.34. The van der Waals surface area contributed by atoms with Gasteiger partial charge in [0, 0.05) is 67.1 Å². The molecule has 0 radical (unpaired) electrons.